The SMILES string of the molecule is CCCC1CC(=O)C2=C(C1)NC(C)=C(C#N)C2c1ccc(O)c(Br)c1. The van der Waals surface area contributed by atoms with Crippen molar-refractivity contribution in [1.82, 2.24) is 5.32 Å². The fourth-order valence-corrected chi connectivity index (χ4v) is 4.31. The van der Waals surface area contributed by atoms with Crippen LogP contribution in [0.2, 0.25) is 0 Å². The number of benzene rings is 1. The van der Waals surface area contributed by atoms with Gasteiger partial charge in [0.1, 0.15) is 5.75 Å². The van der Waals surface area contributed by atoms with Gasteiger partial charge >= 0.3 is 0 Å². The van der Waals surface area contributed by atoms with E-state index in [1.54, 1.807) is 18.2 Å². The Morgan fingerprint density at radius 3 is 2.80 bits per heavy atom. The highest BCUT2D eigenvalue weighted by molar-refractivity contribution is 9.10. The molecule has 2 aliphatic rings. The molecule has 2 unspecified atom stereocenters. The van der Waals surface area contributed by atoms with E-state index >= 15 is 0 Å². The third-order valence-corrected chi connectivity index (χ3v) is 5.67. The van der Waals surface area contributed by atoms with E-state index in [2.05, 4.69) is 34.2 Å². The minimum atomic E-state index is -0.367. The Kier molecular flexibility index (Phi) is 5.01. The zero-order chi connectivity index (χ0) is 18.1. The number of halogens is 1. The second kappa shape index (κ2) is 7.05. The molecule has 1 aromatic carbocycles. The van der Waals surface area contributed by atoms with Gasteiger partial charge in [0, 0.05) is 23.4 Å². The highest BCUT2D eigenvalue weighted by Crippen LogP contribution is 2.44. The van der Waals surface area contributed by atoms with Gasteiger partial charge < -0.3 is 10.4 Å². The Hall–Kier alpha value is -2.06. The minimum Gasteiger partial charge on any atom is -0.507 e. The second-order valence-electron chi connectivity index (χ2n) is 6.80. The van der Waals surface area contributed by atoms with E-state index < -0.39 is 0 Å². The average molecular weight is 401 g/mol. The van der Waals surface area contributed by atoms with Crippen molar-refractivity contribution in [2.24, 2.45) is 5.92 Å². The van der Waals surface area contributed by atoms with Crippen LogP contribution in [0.5, 0.6) is 5.75 Å². The van der Waals surface area contributed by atoms with Crippen molar-refractivity contribution >= 4 is 21.7 Å². The molecular weight excluding hydrogens is 380 g/mol. The molecule has 0 saturated carbocycles. The number of phenolic OH excluding ortho intramolecular Hbond substituents is 1. The van der Waals surface area contributed by atoms with Crippen molar-refractivity contribution in [1.29, 1.82) is 5.26 Å². The number of aromatic hydroxyl groups is 1. The highest BCUT2D eigenvalue weighted by atomic mass is 79.9. The highest BCUT2D eigenvalue weighted by Gasteiger charge is 2.38. The predicted octanol–water partition coefficient (Wildman–Crippen LogP) is 4.67. The van der Waals surface area contributed by atoms with Gasteiger partial charge in [0.25, 0.3) is 0 Å². The zero-order valence-corrected chi connectivity index (χ0v) is 16.0. The van der Waals surface area contributed by atoms with Gasteiger partial charge in [-0.1, -0.05) is 19.4 Å². The number of phenols is 1. The van der Waals surface area contributed by atoms with Crippen LogP contribution in [0.3, 0.4) is 0 Å². The summed E-state index contributed by atoms with van der Waals surface area (Å²) < 4.78 is 0.563. The summed E-state index contributed by atoms with van der Waals surface area (Å²) in [7, 11) is 0. The fourth-order valence-electron chi connectivity index (χ4n) is 3.92. The summed E-state index contributed by atoms with van der Waals surface area (Å²) in [6, 6.07) is 7.46. The molecule has 0 spiro atoms. The number of dihydropyridines is 1. The Morgan fingerprint density at radius 2 is 2.16 bits per heavy atom. The molecule has 4 nitrogen and oxygen atoms in total. The molecule has 0 amide bonds. The first-order chi connectivity index (χ1) is 12.0. The third-order valence-electron chi connectivity index (χ3n) is 5.03. The van der Waals surface area contributed by atoms with Crippen LogP contribution in [0, 0.1) is 17.2 Å². The van der Waals surface area contributed by atoms with Crippen molar-refractivity contribution in [3.05, 3.63) is 50.8 Å². The number of nitrogens with one attached hydrogen (secondary N) is 1. The first kappa shape index (κ1) is 17.8. The van der Waals surface area contributed by atoms with Gasteiger partial charge in [0.05, 0.1) is 22.0 Å². The average Bonchev–Trinajstić information content (AvgIpc) is 2.56. The third kappa shape index (κ3) is 3.23. The number of hydrogen-bond acceptors (Lipinski definition) is 4. The number of carbonyl (C=O) groups excluding carboxylic acids is 1. The van der Waals surface area contributed by atoms with Gasteiger partial charge in [-0.3, -0.25) is 4.79 Å². The molecular formula is C20H21BrN2O2. The van der Waals surface area contributed by atoms with Crippen molar-refractivity contribution in [2.45, 2.75) is 45.4 Å². The predicted molar refractivity (Wildman–Crippen MR) is 99.7 cm³/mol. The van der Waals surface area contributed by atoms with Crippen LogP contribution in [0.1, 0.15) is 51.0 Å². The summed E-state index contributed by atoms with van der Waals surface area (Å²) in [5, 5.41) is 22.8. The minimum absolute atomic E-state index is 0.127. The normalized spacial score (nSPS) is 23.2. The molecule has 0 saturated heterocycles. The van der Waals surface area contributed by atoms with Gasteiger partial charge in [-0.2, -0.15) is 5.26 Å². The maximum absolute atomic E-state index is 12.9. The lowest BCUT2D eigenvalue weighted by atomic mass is 9.72. The maximum atomic E-state index is 12.9. The van der Waals surface area contributed by atoms with Crippen LogP contribution in [0.15, 0.2) is 45.2 Å². The molecule has 130 valence electrons. The number of hydrogen-bond donors (Lipinski definition) is 2. The summed E-state index contributed by atoms with van der Waals surface area (Å²) in [6.45, 7) is 4.02. The van der Waals surface area contributed by atoms with Crippen LogP contribution >= 0.6 is 15.9 Å². The van der Waals surface area contributed by atoms with Crippen molar-refractivity contribution in [3.8, 4) is 11.8 Å². The number of rotatable bonds is 3. The van der Waals surface area contributed by atoms with E-state index in [0.717, 1.165) is 36.2 Å². The zero-order valence-electron chi connectivity index (χ0n) is 14.4. The van der Waals surface area contributed by atoms with Crippen LogP contribution in [0.25, 0.3) is 0 Å². The Bertz CT molecular complexity index is 833. The first-order valence-corrected chi connectivity index (χ1v) is 9.38. The molecule has 0 bridgehead atoms. The molecule has 25 heavy (non-hydrogen) atoms. The quantitative estimate of drug-likeness (QED) is 0.772. The van der Waals surface area contributed by atoms with Crippen molar-refractivity contribution in [2.75, 3.05) is 0 Å². The molecule has 3 rings (SSSR count). The Morgan fingerprint density at radius 1 is 1.40 bits per heavy atom. The molecule has 0 aromatic heterocycles. The summed E-state index contributed by atoms with van der Waals surface area (Å²) in [5.41, 5.74) is 3.89. The smallest absolute Gasteiger partial charge is 0.161 e. The van der Waals surface area contributed by atoms with Crippen molar-refractivity contribution < 1.29 is 9.90 Å². The summed E-state index contributed by atoms with van der Waals surface area (Å²) in [5.74, 6) is 0.270. The van der Waals surface area contributed by atoms with E-state index in [9.17, 15) is 15.2 Å². The van der Waals surface area contributed by atoms with Gasteiger partial charge in [0.15, 0.2) is 5.78 Å². The molecule has 0 radical (unpaired) electrons. The summed E-state index contributed by atoms with van der Waals surface area (Å²) in [6.07, 6.45) is 3.49. The lowest BCUT2D eigenvalue weighted by Crippen LogP contribution is -2.34. The number of ketones is 1. The Balaban J connectivity index is 2.11. The largest absolute Gasteiger partial charge is 0.507 e. The molecule has 5 heteroatoms. The van der Waals surface area contributed by atoms with Gasteiger partial charge in [-0.25, -0.2) is 0 Å². The molecule has 1 aliphatic carbocycles. The second-order valence-corrected chi connectivity index (χ2v) is 7.65. The van der Waals surface area contributed by atoms with Crippen LogP contribution in [0.4, 0.5) is 0 Å². The standard InChI is InChI=1S/C20H21BrN2O2/c1-3-4-12-7-16-20(18(25)8-12)19(14(10-22)11(2)23-16)13-5-6-17(24)15(21)9-13/h5-6,9,12,19,23-24H,3-4,7-8H2,1-2H3. The van der Waals surface area contributed by atoms with E-state index in [1.165, 1.54) is 0 Å². The molecule has 2 atom stereocenters. The lowest BCUT2D eigenvalue weighted by Gasteiger charge is -2.35. The topological polar surface area (TPSA) is 73.1 Å². The van der Waals surface area contributed by atoms with E-state index in [1.807, 2.05) is 6.92 Å². The monoisotopic (exact) mass is 400 g/mol. The van der Waals surface area contributed by atoms with Gasteiger partial charge in [-0.15, -0.1) is 0 Å². The fraction of sp³-hybridized carbons (Fsp3) is 0.400. The number of carbonyl (C=O) groups is 1. The molecule has 2 N–H and O–H groups in total. The Labute approximate surface area is 156 Å². The van der Waals surface area contributed by atoms with Crippen LogP contribution < -0.4 is 5.32 Å². The number of nitriles is 1. The summed E-state index contributed by atoms with van der Waals surface area (Å²) >= 11 is 3.34. The lowest BCUT2D eigenvalue weighted by molar-refractivity contribution is -0.117. The first-order valence-electron chi connectivity index (χ1n) is 8.58. The molecule has 0 fully saturated rings. The summed E-state index contributed by atoms with van der Waals surface area (Å²) in [4.78, 5) is 12.9. The van der Waals surface area contributed by atoms with Gasteiger partial charge in [0.2, 0.25) is 0 Å². The number of Topliss-reactive ketones (excluding diaryl/α,β-unsaturated/α-hetero) is 1. The number of nitrogens with zero attached hydrogens (tertiary/aromatic N) is 1. The van der Waals surface area contributed by atoms with E-state index in [0.29, 0.717) is 28.0 Å². The molecule has 1 heterocycles. The van der Waals surface area contributed by atoms with Crippen LogP contribution in [-0.2, 0) is 4.79 Å². The van der Waals surface area contributed by atoms with E-state index in [4.69, 9.17) is 0 Å². The maximum Gasteiger partial charge on any atom is 0.161 e. The van der Waals surface area contributed by atoms with Crippen LogP contribution in [-0.4, -0.2) is 10.9 Å². The van der Waals surface area contributed by atoms with Gasteiger partial charge in [-0.05, 0) is 59.3 Å². The van der Waals surface area contributed by atoms with Crippen molar-refractivity contribution in [3.63, 3.8) is 0 Å². The number of allylic oxidation sites excluding steroid dienone is 4. The molecule has 1 aromatic rings. The van der Waals surface area contributed by atoms with E-state index in [-0.39, 0.29) is 17.5 Å². The molecule has 1 aliphatic heterocycles.